The minimum Gasteiger partial charge on any atom is -0.508 e. The van der Waals surface area contributed by atoms with Crippen LogP contribution < -0.4 is 54.8 Å². The van der Waals surface area contributed by atoms with E-state index in [1.807, 2.05) is 0 Å². The zero-order valence-corrected chi connectivity index (χ0v) is 30.2. The van der Waals surface area contributed by atoms with E-state index in [1.165, 1.54) is 12.1 Å². The van der Waals surface area contributed by atoms with Gasteiger partial charge in [0.25, 0.3) is 11.8 Å². The molecule has 4 amide bonds. The number of hydrogen-bond acceptors (Lipinski definition) is 12. The van der Waals surface area contributed by atoms with E-state index in [-0.39, 0.29) is 81.5 Å². The molecule has 0 radical (unpaired) electrons. The molecule has 0 saturated heterocycles. The van der Waals surface area contributed by atoms with Crippen LogP contribution in [0.3, 0.4) is 0 Å². The monoisotopic (exact) mass is 756 g/mol. The molecule has 0 spiro atoms. The average molecular weight is 757 g/mol. The number of aromatic hydroxyl groups is 1. The van der Waals surface area contributed by atoms with Gasteiger partial charge in [-0.15, -0.1) is 0 Å². The molecule has 1 aromatic carbocycles. The van der Waals surface area contributed by atoms with Gasteiger partial charge >= 0.3 is 0 Å². The minimum atomic E-state index is -1.62. The number of nitrogens with two attached hydrogens (primary N) is 4. The second-order valence-corrected chi connectivity index (χ2v) is 12.6. The Balaban J connectivity index is 2.45. The van der Waals surface area contributed by atoms with Crippen LogP contribution in [-0.2, 0) is 40.0 Å². The van der Waals surface area contributed by atoms with Crippen molar-refractivity contribution in [1.82, 2.24) is 31.9 Å². The predicted molar refractivity (Wildman–Crippen MR) is 199 cm³/mol. The maximum atomic E-state index is 13.9. The maximum absolute atomic E-state index is 13.9. The topological polar surface area (TPSA) is 341 Å². The van der Waals surface area contributed by atoms with Crippen molar-refractivity contribution in [2.24, 2.45) is 32.9 Å². The zero-order chi connectivity index (χ0) is 40.0. The fraction of sp³-hybridized carbons (Fsp3) is 0.500. The van der Waals surface area contributed by atoms with Gasteiger partial charge in [-0.2, -0.15) is 0 Å². The molecule has 6 atom stereocenters. The average Bonchev–Trinajstić information content (AvgIpc) is 3.12. The van der Waals surface area contributed by atoms with Crippen LogP contribution in [0.4, 0.5) is 0 Å². The van der Waals surface area contributed by atoms with E-state index in [9.17, 15) is 38.7 Å². The number of rotatable bonds is 18. The Morgan fingerprint density at radius 1 is 0.852 bits per heavy atom. The van der Waals surface area contributed by atoms with Crippen molar-refractivity contribution in [3.8, 4) is 5.75 Å². The van der Waals surface area contributed by atoms with Crippen molar-refractivity contribution in [2.45, 2.75) is 94.8 Å². The molecule has 0 aromatic heterocycles. The lowest BCUT2D eigenvalue weighted by Gasteiger charge is -2.29. The lowest BCUT2D eigenvalue weighted by molar-refractivity contribution is -0.135. The first kappa shape index (κ1) is 44.3. The molecular formula is C34H52N12O8. The summed E-state index contributed by atoms with van der Waals surface area (Å²) in [5.41, 5.74) is 22.2. The number of carbonyl (C=O) groups is 7. The summed E-state index contributed by atoms with van der Waals surface area (Å²) in [5.74, 6) is -3.71. The molecule has 20 heteroatoms. The second kappa shape index (κ2) is 23.6. The molecule has 1 aliphatic rings. The van der Waals surface area contributed by atoms with Crippen LogP contribution in [0.5, 0.6) is 5.75 Å². The standard InChI is InChI=1S/C34H52N12O8/c1-20-5-2-7-24(49)13-14-27(51)45-28(42-23(19-48)17-21-9-11-25(50)12-10-21)32(54)46-29(31(53)41-20)44-26(8-4-16-40-34(37)38)30(52)43-22(18-47)6-3-15-39-33(35)36/h2,5,9-12,18-20,22-23,26,28-29,42,44,50H,3-4,6-8,13-17H2,1H3,(H,41,53)(H,43,52)(H,45,51)(H,46,54)(H4,35,36,39)(H4,37,38,40)/b5-2+/t20-,22-,23-,26-,28-,29+/m0/s1. The number of amides is 4. The van der Waals surface area contributed by atoms with Crippen LogP contribution in [0.2, 0.25) is 0 Å². The summed E-state index contributed by atoms with van der Waals surface area (Å²) in [6.45, 7) is 1.95. The number of guanidine groups is 2. The number of hydrogen-bond donors (Lipinski definition) is 11. The number of carbonyl (C=O) groups excluding carboxylic acids is 7. The van der Waals surface area contributed by atoms with Crippen molar-refractivity contribution in [3.63, 3.8) is 0 Å². The van der Waals surface area contributed by atoms with Crippen LogP contribution in [0.25, 0.3) is 0 Å². The van der Waals surface area contributed by atoms with Crippen LogP contribution in [0, 0.1) is 0 Å². The van der Waals surface area contributed by atoms with Crippen molar-refractivity contribution in [3.05, 3.63) is 42.0 Å². The Labute approximate surface area is 312 Å². The number of nitrogens with one attached hydrogen (secondary N) is 6. The lowest BCUT2D eigenvalue weighted by atomic mass is 10.1. The van der Waals surface area contributed by atoms with Crippen LogP contribution >= 0.6 is 0 Å². The minimum absolute atomic E-state index is 0.00599. The summed E-state index contributed by atoms with van der Waals surface area (Å²) in [5, 5.41) is 25.6. The molecule has 2 rings (SSSR count). The molecule has 1 heterocycles. The molecule has 0 aliphatic carbocycles. The predicted octanol–water partition coefficient (Wildman–Crippen LogP) is -3.46. The molecule has 15 N–H and O–H groups in total. The van der Waals surface area contributed by atoms with Crippen LogP contribution in [0.1, 0.15) is 57.4 Å². The number of nitrogens with zero attached hydrogens (tertiary/aromatic N) is 2. The van der Waals surface area contributed by atoms with E-state index in [0.717, 1.165) is 0 Å². The highest BCUT2D eigenvalue weighted by Crippen LogP contribution is 2.11. The molecule has 0 unspecified atom stereocenters. The normalized spacial score (nSPS) is 20.6. The number of phenols is 1. The molecular weight excluding hydrogens is 704 g/mol. The van der Waals surface area contributed by atoms with E-state index < -0.39 is 60.1 Å². The quantitative estimate of drug-likeness (QED) is 0.0228. The Kier molecular flexibility index (Phi) is 19.4. The van der Waals surface area contributed by atoms with E-state index in [1.54, 1.807) is 31.2 Å². The molecule has 1 aliphatic heterocycles. The molecule has 20 nitrogen and oxygen atoms in total. The van der Waals surface area contributed by atoms with E-state index >= 15 is 0 Å². The first-order chi connectivity index (χ1) is 25.7. The number of benzene rings is 1. The maximum Gasteiger partial charge on any atom is 0.259 e. The van der Waals surface area contributed by atoms with Gasteiger partial charge in [-0.25, -0.2) is 0 Å². The summed E-state index contributed by atoms with van der Waals surface area (Å²) in [7, 11) is 0. The van der Waals surface area contributed by atoms with Gasteiger partial charge in [0.2, 0.25) is 11.8 Å². The molecule has 0 saturated carbocycles. The summed E-state index contributed by atoms with van der Waals surface area (Å²) < 4.78 is 0. The molecule has 1 aromatic rings. The van der Waals surface area contributed by atoms with E-state index in [2.05, 4.69) is 41.9 Å². The van der Waals surface area contributed by atoms with Gasteiger partial charge in [0.1, 0.15) is 24.1 Å². The SMILES string of the molecule is C[C@H]1/C=C/CC(=O)CCC(=O)N[C@H](N[C@H](C=O)Cc2ccc(O)cc2)C(=O)N[C@@H](N[C@@H](CCCN=C(N)N)C(=O)N[C@H](C=O)CCCN=C(N)N)C(=O)N1. The Morgan fingerprint density at radius 2 is 1.44 bits per heavy atom. The number of Topliss-reactive ketones (excluding diaryl/α,β-unsaturated/α-hetero) is 1. The molecule has 0 bridgehead atoms. The molecule has 54 heavy (non-hydrogen) atoms. The van der Waals surface area contributed by atoms with Gasteiger partial charge in [-0.05, 0) is 56.7 Å². The van der Waals surface area contributed by atoms with Gasteiger partial charge in [0.05, 0.1) is 18.1 Å². The second-order valence-electron chi connectivity index (χ2n) is 12.6. The summed E-state index contributed by atoms with van der Waals surface area (Å²) >= 11 is 0. The van der Waals surface area contributed by atoms with Crippen molar-refractivity contribution in [1.29, 1.82) is 0 Å². The molecule has 0 fully saturated rings. The number of aldehydes is 2. The largest absolute Gasteiger partial charge is 0.508 e. The smallest absolute Gasteiger partial charge is 0.259 e. The highest BCUT2D eigenvalue weighted by Gasteiger charge is 2.32. The Morgan fingerprint density at radius 3 is 2.06 bits per heavy atom. The Hall–Kier alpha value is -5.89. The van der Waals surface area contributed by atoms with Crippen molar-refractivity contribution >= 4 is 53.9 Å². The highest BCUT2D eigenvalue weighted by atomic mass is 16.3. The van der Waals surface area contributed by atoms with Crippen molar-refractivity contribution < 1.29 is 38.7 Å². The third-order valence-electron chi connectivity index (χ3n) is 7.91. The van der Waals surface area contributed by atoms with E-state index in [0.29, 0.717) is 24.6 Å². The van der Waals surface area contributed by atoms with Gasteiger partial charge in [0.15, 0.2) is 24.3 Å². The van der Waals surface area contributed by atoms with Gasteiger partial charge in [-0.1, -0.05) is 24.3 Å². The zero-order valence-electron chi connectivity index (χ0n) is 30.2. The Bertz CT molecular complexity index is 1530. The first-order valence-corrected chi connectivity index (χ1v) is 17.4. The van der Waals surface area contributed by atoms with Gasteiger partial charge in [0, 0.05) is 38.4 Å². The lowest BCUT2D eigenvalue weighted by Crippen LogP contribution is -2.66. The van der Waals surface area contributed by atoms with Gasteiger partial charge < -0.3 is 58.9 Å². The number of aliphatic imine (C=N–C) groups is 2. The number of phenolic OH excluding ortho intramolecular Hbond substituents is 1. The highest BCUT2D eigenvalue weighted by molar-refractivity contribution is 5.93. The van der Waals surface area contributed by atoms with Gasteiger partial charge in [-0.3, -0.25) is 44.6 Å². The number of ketones is 1. The third kappa shape index (κ3) is 17.6. The summed E-state index contributed by atoms with van der Waals surface area (Å²) in [4.78, 5) is 98.4. The fourth-order valence-corrected chi connectivity index (χ4v) is 5.16. The van der Waals surface area contributed by atoms with E-state index in [4.69, 9.17) is 22.9 Å². The van der Waals surface area contributed by atoms with Crippen LogP contribution in [0.15, 0.2) is 46.4 Å². The summed E-state index contributed by atoms with van der Waals surface area (Å²) in [6, 6.07) is 2.15. The first-order valence-electron chi connectivity index (χ1n) is 17.4. The fourth-order valence-electron chi connectivity index (χ4n) is 5.16. The van der Waals surface area contributed by atoms with Crippen molar-refractivity contribution in [2.75, 3.05) is 13.1 Å². The summed E-state index contributed by atoms with van der Waals surface area (Å²) in [6.07, 6.45) is 1.39. The molecule has 296 valence electrons. The third-order valence-corrected chi connectivity index (χ3v) is 7.91. The number of allylic oxidation sites excluding steroid dienone is 1. The van der Waals surface area contributed by atoms with Crippen LogP contribution in [-0.4, -0.2) is 109 Å².